The molecule has 1 N–H and O–H groups in total. The van der Waals surface area contributed by atoms with Crippen molar-refractivity contribution in [1.29, 1.82) is 0 Å². The lowest BCUT2D eigenvalue weighted by Gasteiger charge is -2.34. The molecule has 2 aliphatic heterocycles. The van der Waals surface area contributed by atoms with Crippen molar-refractivity contribution in [3.63, 3.8) is 0 Å². The van der Waals surface area contributed by atoms with Crippen LogP contribution in [-0.4, -0.2) is 53.1 Å². The van der Waals surface area contributed by atoms with E-state index in [-0.39, 0.29) is 6.03 Å². The molecule has 0 bridgehead atoms. The van der Waals surface area contributed by atoms with Gasteiger partial charge in [-0.2, -0.15) is 0 Å². The number of hydrogen-bond donors (Lipinski definition) is 1. The quantitative estimate of drug-likeness (QED) is 0.864. The van der Waals surface area contributed by atoms with Crippen LogP contribution in [0, 0.1) is 11.3 Å². The van der Waals surface area contributed by atoms with Gasteiger partial charge >= 0.3 is 12.0 Å². The lowest BCUT2D eigenvalue weighted by molar-refractivity contribution is -0.148. The normalized spacial score (nSPS) is 30.6. The Morgan fingerprint density at radius 3 is 2.65 bits per heavy atom. The molecule has 2 atom stereocenters. The van der Waals surface area contributed by atoms with E-state index in [2.05, 4.69) is 6.92 Å². The first-order valence-corrected chi connectivity index (χ1v) is 7.76. The second-order valence-corrected chi connectivity index (χ2v) is 6.48. The second-order valence-electron chi connectivity index (χ2n) is 6.48. The van der Waals surface area contributed by atoms with Gasteiger partial charge in [0.15, 0.2) is 0 Å². The number of piperidine rings is 1. The fourth-order valence-electron chi connectivity index (χ4n) is 3.56. The van der Waals surface area contributed by atoms with E-state index in [1.165, 1.54) is 6.42 Å². The summed E-state index contributed by atoms with van der Waals surface area (Å²) >= 11 is 0. The van der Waals surface area contributed by atoms with E-state index < -0.39 is 11.4 Å². The van der Waals surface area contributed by atoms with Crippen molar-refractivity contribution in [3.05, 3.63) is 0 Å². The standard InChI is InChI=1S/C15H26N2O3/c1-3-6-15(13(18)19)7-9-17(11-15)14(20)16-8-4-5-12(2)10-16/h12H,3-11H2,1-2H3,(H,18,19). The highest BCUT2D eigenvalue weighted by molar-refractivity contribution is 5.80. The number of urea groups is 1. The summed E-state index contributed by atoms with van der Waals surface area (Å²) in [6, 6.07) is 0.0378. The van der Waals surface area contributed by atoms with Crippen LogP contribution in [0.4, 0.5) is 4.79 Å². The number of carboxylic acid groups (broad SMARTS) is 1. The van der Waals surface area contributed by atoms with E-state index in [1.54, 1.807) is 4.90 Å². The smallest absolute Gasteiger partial charge is 0.320 e. The number of carboxylic acids is 1. The van der Waals surface area contributed by atoms with Gasteiger partial charge < -0.3 is 14.9 Å². The van der Waals surface area contributed by atoms with Crippen LogP contribution in [0.15, 0.2) is 0 Å². The number of carbonyl (C=O) groups excluding carboxylic acids is 1. The summed E-state index contributed by atoms with van der Waals surface area (Å²) < 4.78 is 0. The molecule has 2 rings (SSSR count). The molecule has 2 amide bonds. The number of rotatable bonds is 3. The average Bonchev–Trinajstić information content (AvgIpc) is 2.84. The summed E-state index contributed by atoms with van der Waals surface area (Å²) in [6.07, 6.45) is 4.32. The Hall–Kier alpha value is -1.26. The predicted molar refractivity (Wildman–Crippen MR) is 76.5 cm³/mol. The maximum atomic E-state index is 12.5. The fourth-order valence-corrected chi connectivity index (χ4v) is 3.56. The summed E-state index contributed by atoms with van der Waals surface area (Å²) in [4.78, 5) is 27.7. The highest BCUT2D eigenvalue weighted by Crippen LogP contribution is 2.36. The number of likely N-dealkylation sites (tertiary alicyclic amines) is 2. The van der Waals surface area contributed by atoms with Crippen molar-refractivity contribution in [2.75, 3.05) is 26.2 Å². The Kier molecular flexibility index (Phi) is 4.55. The van der Waals surface area contributed by atoms with Crippen molar-refractivity contribution >= 4 is 12.0 Å². The van der Waals surface area contributed by atoms with Crippen LogP contribution in [0.5, 0.6) is 0 Å². The van der Waals surface area contributed by atoms with Gasteiger partial charge in [-0.1, -0.05) is 20.3 Å². The average molecular weight is 282 g/mol. The molecule has 0 aromatic rings. The van der Waals surface area contributed by atoms with Crippen molar-refractivity contribution in [2.45, 2.75) is 46.0 Å². The molecule has 0 saturated carbocycles. The van der Waals surface area contributed by atoms with Gasteiger partial charge in [-0.15, -0.1) is 0 Å². The molecule has 5 nitrogen and oxygen atoms in total. The molecule has 0 aromatic heterocycles. The van der Waals surface area contributed by atoms with E-state index in [0.29, 0.717) is 31.8 Å². The zero-order valence-corrected chi connectivity index (χ0v) is 12.6. The minimum absolute atomic E-state index is 0.0378. The zero-order valence-electron chi connectivity index (χ0n) is 12.6. The molecular formula is C15H26N2O3. The molecule has 2 heterocycles. The van der Waals surface area contributed by atoms with Crippen LogP contribution < -0.4 is 0 Å². The molecular weight excluding hydrogens is 256 g/mol. The van der Waals surface area contributed by atoms with Crippen LogP contribution >= 0.6 is 0 Å². The Morgan fingerprint density at radius 2 is 2.05 bits per heavy atom. The van der Waals surface area contributed by atoms with E-state index in [9.17, 15) is 14.7 Å². The monoisotopic (exact) mass is 282 g/mol. The number of carbonyl (C=O) groups is 2. The van der Waals surface area contributed by atoms with Crippen LogP contribution in [0.3, 0.4) is 0 Å². The highest BCUT2D eigenvalue weighted by Gasteiger charge is 2.46. The summed E-state index contributed by atoms with van der Waals surface area (Å²) in [5, 5.41) is 9.50. The van der Waals surface area contributed by atoms with Crippen LogP contribution in [-0.2, 0) is 4.79 Å². The third-order valence-corrected chi connectivity index (χ3v) is 4.73. The van der Waals surface area contributed by atoms with Crippen LogP contribution in [0.1, 0.15) is 46.0 Å². The number of hydrogen-bond acceptors (Lipinski definition) is 2. The molecule has 2 aliphatic rings. The molecule has 0 spiro atoms. The molecule has 0 radical (unpaired) electrons. The van der Waals surface area contributed by atoms with Crippen LogP contribution in [0.25, 0.3) is 0 Å². The van der Waals surface area contributed by atoms with Crippen molar-refractivity contribution in [2.24, 2.45) is 11.3 Å². The highest BCUT2D eigenvalue weighted by atomic mass is 16.4. The molecule has 2 saturated heterocycles. The minimum atomic E-state index is -0.748. The molecule has 114 valence electrons. The van der Waals surface area contributed by atoms with Crippen molar-refractivity contribution < 1.29 is 14.7 Å². The Morgan fingerprint density at radius 1 is 1.30 bits per heavy atom. The summed E-state index contributed by atoms with van der Waals surface area (Å²) in [7, 11) is 0. The Bertz CT molecular complexity index is 385. The van der Waals surface area contributed by atoms with Crippen molar-refractivity contribution in [3.8, 4) is 0 Å². The summed E-state index contributed by atoms with van der Waals surface area (Å²) in [6.45, 7) is 6.75. The molecule has 2 unspecified atom stereocenters. The van der Waals surface area contributed by atoms with E-state index in [1.807, 2.05) is 11.8 Å². The first-order chi connectivity index (χ1) is 9.48. The molecule has 20 heavy (non-hydrogen) atoms. The number of nitrogens with zero attached hydrogens (tertiary/aromatic N) is 2. The number of aliphatic carboxylic acids is 1. The topological polar surface area (TPSA) is 60.9 Å². The number of amides is 2. The first-order valence-electron chi connectivity index (χ1n) is 7.76. The fraction of sp³-hybridized carbons (Fsp3) is 0.867. The lowest BCUT2D eigenvalue weighted by Crippen LogP contribution is -2.47. The van der Waals surface area contributed by atoms with Gasteiger partial charge in [-0.05, 0) is 31.6 Å². The van der Waals surface area contributed by atoms with Gasteiger partial charge in [-0.25, -0.2) is 4.79 Å². The minimum Gasteiger partial charge on any atom is -0.481 e. The van der Waals surface area contributed by atoms with Gasteiger partial charge in [0.2, 0.25) is 0 Å². The van der Waals surface area contributed by atoms with E-state index >= 15 is 0 Å². The molecule has 0 aliphatic carbocycles. The second kappa shape index (κ2) is 6.02. The van der Waals surface area contributed by atoms with Gasteiger partial charge in [0.05, 0.1) is 5.41 Å². The van der Waals surface area contributed by atoms with Gasteiger partial charge in [0.25, 0.3) is 0 Å². The molecule has 5 heteroatoms. The SMILES string of the molecule is CCCC1(C(=O)O)CCN(C(=O)N2CCCC(C)C2)C1. The predicted octanol–water partition coefficient (Wildman–Crippen LogP) is 2.42. The van der Waals surface area contributed by atoms with E-state index in [0.717, 1.165) is 25.9 Å². The van der Waals surface area contributed by atoms with Gasteiger partial charge in [0.1, 0.15) is 0 Å². The Labute approximate surface area is 120 Å². The third-order valence-electron chi connectivity index (χ3n) is 4.73. The van der Waals surface area contributed by atoms with Crippen LogP contribution in [0.2, 0.25) is 0 Å². The van der Waals surface area contributed by atoms with Crippen molar-refractivity contribution in [1.82, 2.24) is 9.80 Å². The van der Waals surface area contributed by atoms with Gasteiger partial charge in [-0.3, -0.25) is 4.79 Å². The maximum absolute atomic E-state index is 12.5. The Balaban J connectivity index is 2.00. The summed E-state index contributed by atoms with van der Waals surface area (Å²) in [5.41, 5.74) is -0.716. The van der Waals surface area contributed by atoms with Gasteiger partial charge in [0, 0.05) is 26.2 Å². The molecule has 2 fully saturated rings. The third kappa shape index (κ3) is 2.91. The largest absolute Gasteiger partial charge is 0.481 e. The summed E-state index contributed by atoms with van der Waals surface area (Å²) in [5.74, 6) is -0.197. The maximum Gasteiger partial charge on any atom is 0.320 e. The zero-order chi connectivity index (χ0) is 14.8. The lowest BCUT2D eigenvalue weighted by atomic mass is 9.83. The molecule has 0 aromatic carbocycles. The first kappa shape index (κ1) is 15.1. The van der Waals surface area contributed by atoms with E-state index in [4.69, 9.17) is 0 Å².